The summed E-state index contributed by atoms with van der Waals surface area (Å²) < 4.78 is 0. The second-order valence-electron chi connectivity index (χ2n) is 5.25. The maximum absolute atomic E-state index is 12.2. The predicted octanol–water partition coefficient (Wildman–Crippen LogP) is 4.11. The van der Waals surface area contributed by atoms with Gasteiger partial charge in [-0.2, -0.15) is 0 Å². The van der Waals surface area contributed by atoms with Crippen molar-refractivity contribution in [1.29, 1.82) is 0 Å². The van der Waals surface area contributed by atoms with Crippen LogP contribution in [0.25, 0.3) is 0 Å². The van der Waals surface area contributed by atoms with Gasteiger partial charge in [0.1, 0.15) is 0 Å². The van der Waals surface area contributed by atoms with E-state index in [1.54, 1.807) is 0 Å². The van der Waals surface area contributed by atoms with Crippen LogP contribution in [0, 0.1) is 6.92 Å². The van der Waals surface area contributed by atoms with Gasteiger partial charge < -0.3 is 5.32 Å². The zero-order chi connectivity index (χ0) is 15.9. The molecular weight excluding hydrogens is 296 g/mol. The first-order valence-corrected chi connectivity index (χ1v) is 7.79. The van der Waals surface area contributed by atoms with Crippen molar-refractivity contribution in [2.75, 3.05) is 18.4 Å². The Morgan fingerprint density at radius 1 is 1.14 bits per heavy atom. The summed E-state index contributed by atoms with van der Waals surface area (Å²) in [4.78, 5) is 14.3. The van der Waals surface area contributed by atoms with Gasteiger partial charge in [0.25, 0.3) is 0 Å². The summed E-state index contributed by atoms with van der Waals surface area (Å²) in [5.41, 5.74) is 2.87. The molecule has 116 valence electrons. The van der Waals surface area contributed by atoms with Crippen molar-refractivity contribution >= 4 is 23.2 Å². The standard InChI is InChI=1S/C18H21ClN2O/c1-3-21(12-15-8-5-4-6-9-15)13-18(22)20-17-11-7-10-16(19)14(17)2/h4-11H,3,12-13H2,1-2H3,(H,20,22). The molecule has 0 bridgehead atoms. The third-order valence-electron chi connectivity index (χ3n) is 3.61. The Labute approximate surface area is 136 Å². The quantitative estimate of drug-likeness (QED) is 0.870. The van der Waals surface area contributed by atoms with Crippen LogP contribution in [-0.2, 0) is 11.3 Å². The first-order valence-electron chi connectivity index (χ1n) is 7.41. The van der Waals surface area contributed by atoms with E-state index in [0.717, 1.165) is 24.3 Å². The number of benzene rings is 2. The highest BCUT2D eigenvalue weighted by Gasteiger charge is 2.11. The zero-order valence-electron chi connectivity index (χ0n) is 13.0. The van der Waals surface area contributed by atoms with Crippen molar-refractivity contribution in [2.24, 2.45) is 0 Å². The molecule has 0 spiro atoms. The number of carbonyl (C=O) groups is 1. The molecule has 0 saturated heterocycles. The average molecular weight is 317 g/mol. The highest BCUT2D eigenvalue weighted by molar-refractivity contribution is 6.31. The van der Waals surface area contributed by atoms with Crippen LogP contribution in [0.1, 0.15) is 18.1 Å². The molecule has 0 aliphatic heterocycles. The van der Waals surface area contributed by atoms with Crippen molar-refractivity contribution in [3.63, 3.8) is 0 Å². The molecule has 0 aliphatic carbocycles. The fraction of sp³-hybridized carbons (Fsp3) is 0.278. The lowest BCUT2D eigenvalue weighted by Gasteiger charge is -2.20. The third-order valence-corrected chi connectivity index (χ3v) is 4.01. The van der Waals surface area contributed by atoms with Gasteiger partial charge in [-0.15, -0.1) is 0 Å². The van der Waals surface area contributed by atoms with Gasteiger partial charge in [0.2, 0.25) is 5.91 Å². The van der Waals surface area contributed by atoms with Gasteiger partial charge in [0, 0.05) is 17.3 Å². The van der Waals surface area contributed by atoms with Crippen molar-refractivity contribution < 1.29 is 4.79 Å². The number of carbonyl (C=O) groups excluding carboxylic acids is 1. The van der Waals surface area contributed by atoms with Crippen LogP contribution in [0.2, 0.25) is 5.02 Å². The van der Waals surface area contributed by atoms with E-state index in [0.29, 0.717) is 11.6 Å². The maximum Gasteiger partial charge on any atom is 0.238 e. The Bertz CT molecular complexity index is 628. The lowest BCUT2D eigenvalue weighted by Crippen LogP contribution is -2.32. The number of anilines is 1. The monoisotopic (exact) mass is 316 g/mol. The molecule has 3 nitrogen and oxygen atoms in total. The van der Waals surface area contributed by atoms with E-state index in [1.807, 2.05) is 43.3 Å². The first kappa shape index (κ1) is 16.5. The molecule has 0 aliphatic rings. The normalized spacial score (nSPS) is 10.7. The molecule has 0 fully saturated rings. The summed E-state index contributed by atoms with van der Waals surface area (Å²) in [7, 11) is 0. The maximum atomic E-state index is 12.2. The number of hydrogen-bond donors (Lipinski definition) is 1. The van der Waals surface area contributed by atoms with Crippen LogP contribution in [0.4, 0.5) is 5.69 Å². The molecule has 2 rings (SSSR count). The van der Waals surface area contributed by atoms with Crippen molar-refractivity contribution in [1.82, 2.24) is 4.90 Å². The summed E-state index contributed by atoms with van der Waals surface area (Å²) in [6, 6.07) is 15.7. The summed E-state index contributed by atoms with van der Waals surface area (Å²) in [5, 5.41) is 3.60. The number of nitrogens with one attached hydrogen (secondary N) is 1. The summed E-state index contributed by atoms with van der Waals surface area (Å²) in [6.07, 6.45) is 0. The summed E-state index contributed by atoms with van der Waals surface area (Å²) in [5.74, 6) is -0.0249. The van der Waals surface area contributed by atoms with E-state index in [1.165, 1.54) is 5.56 Å². The number of hydrogen-bond acceptors (Lipinski definition) is 2. The minimum Gasteiger partial charge on any atom is -0.325 e. The van der Waals surface area contributed by atoms with Crippen LogP contribution in [-0.4, -0.2) is 23.9 Å². The number of amides is 1. The Balaban J connectivity index is 1.96. The number of halogens is 1. The first-order chi connectivity index (χ1) is 10.6. The molecule has 0 aromatic heterocycles. The lowest BCUT2D eigenvalue weighted by molar-refractivity contribution is -0.117. The summed E-state index contributed by atoms with van der Waals surface area (Å²) in [6.45, 7) is 5.90. The fourth-order valence-corrected chi connectivity index (χ4v) is 2.43. The minimum atomic E-state index is -0.0249. The van der Waals surface area contributed by atoms with Crippen LogP contribution < -0.4 is 5.32 Å². The molecule has 0 unspecified atom stereocenters. The molecule has 2 aromatic carbocycles. The van der Waals surface area contributed by atoms with Gasteiger partial charge in [0.15, 0.2) is 0 Å². The zero-order valence-corrected chi connectivity index (χ0v) is 13.7. The highest BCUT2D eigenvalue weighted by Crippen LogP contribution is 2.22. The molecular formula is C18H21ClN2O. The minimum absolute atomic E-state index is 0.0249. The fourth-order valence-electron chi connectivity index (χ4n) is 2.26. The van der Waals surface area contributed by atoms with Gasteiger partial charge in [-0.05, 0) is 36.7 Å². The Hall–Kier alpha value is -1.84. The average Bonchev–Trinajstić information content (AvgIpc) is 2.52. The SMILES string of the molecule is CCN(CC(=O)Nc1cccc(Cl)c1C)Cc1ccccc1. The lowest BCUT2D eigenvalue weighted by atomic mass is 10.2. The smallest absolute Gasteiger partial charge is 0.238 e. The molecule has 0 radical (unpaired) electrons. The molecule has 4 heteroatoms. The molecule has 0 heterocycles. The molecule has 1 N–H and O–H groups in total. The predicted molar refractivity (Wildman–Crippen MR) is 92.2 cm³/mol. The number of likely N-dealkylation sites (N-methyl/N-ethyl adjacent to an activating group) is 1. The molecule has 1 amide bonds. The Morgan fingerprint density at radius 2 is 1.86 bits per heavy atom. The molecule has 0 atom stereocenters. The largest absolute Gasteiger partial charge is 0.325 e. The van der Waals surface area contributed by atoms with Gasteiger partial charge in [-0.25, -0.2) is 0 Å². The van der Waals surface area contributed by atoms with E-state index in [2.05, 4.69) is 29.3 Å². The van der Waals surface area contributed by atoms with Gasteiger partial charge in [-0.3, -0.25) is 9.69 Å². The summed E-state index contributed by atoms with van der Waals surface area (Å²) >= 11 is 6.08. The molecule has 2 aromatic rings. The Kier molecular flexibility index (Phi) is 5.99. The molecule has 22 heavy (non-hydrogen) atoms. The molecule has 0 saturated carbocycles. The van der Waals surface area contributed by atoms with E-state index in [4.69, 9.17) is 11.6 Å². The van der Waals surface area contributed by atoms with Crippen LogP contribution in [0.5, 0.6) is 0 Å². The van der Waals surface area contributed by atoms with Crippen LogP contribution in [0.3, 0.4) is 0 Å². The van der Waals surface area contributed by atoms with Gasteiger partial charge in [-0.1, -0.05) is 54.9 Å². The number of rotatable bonds is 6. The van der Waals surface area contributed by atoms with Crippen LogP contribution in [0.15, 0.2) is 48.5 Å². The van der Waals surface area contributed by atoms with E-state index in [9.17, 15) is 4.79 Å². The van der Waals surface area contributed by atoms with Crippen LogP contribution >= 0.6 is 11.6 Å². The second kappa shape index (κ2) is 7.97. The van der Waals surface area contributed by atoms with Gasteiger partial charge in [0.05, 0.1) is 6.54 Å². The third kappa shape index (κ3) is 4.58. The van der Waals surface area contributed by atoms with E-state index in [-0.39, 0.29) is 5.91 Å². The second-order valence-corrected chi connectivity index (χ2v) is 5.66. The number of nitrogens with zero attached hydrogens (tertiary/aromatic N) is 1. The van der Waals surface area contributed by atoms with Crippen molar-refractivity contribution in [3.8, 4) is 0 Å². The highest BCUT2D eigenvalue weighted by atomic mass is 35.5. The van der Waals surface area contributed by atoms with E-state index >= 15 is 0 Å². The van der Waals surface area contributed by atoms with Gasteiger partial charge >= 0.3 is 0 Å². The van der Waals surface area contributed by atoms with Crippen molar-refractivity contribution in [2.45, 2.75) is 20.4 Å². The van der Waals surface area contributed by atoms with Crippen molar-refractivity contribution in [3.05, 3.63) is 64.7 Å². The topological polar surface area (TPSA) is 32.3 Å². The Morgan fingerprint density at radius 3 is 2.55 bits per heavy atom. The van der Waals surface area contributed by atoms with E-state index < -0.39 is 0 Å².